The fourth-order valence-electron chi connectivity index (χ4n) is 4.72. The molecule has 1 unspecified atom stereocenters. The van der Waals surface area contributed by atoms with E-state index < -0.39 is 5.82 Å². The third kappa shape index (κ3) is 3.79. The highest BCUT2D eigenvalue weighted by Gasteiger charge is 2.18. The van der Waals surface area contributed by atoms with Gasteiger partial charge in [0.05, 0.1) is 6.10 Å². The van der Waals surface area contributed by atoms with Crippen LogP contribution in [0.25, 0.3) is 44.4 Å². The van der Waals surface area contributed by atoms with Crippen molar-refractivity contribution in [3.8, 4) is 22.3 Å². The lowest BCUT2D eigenvalue weighted by molar-refractivity contribution is 0.0668. The van der Waals surface area contributed by atoms with Gasteiger partial charge in [0.15, 0.2) is 17.8 Å². The molecule has 2 aromatic carbocycles. The summed E-state index contributed by atoms with van der Waals surface area (Å²) in [6, 6.07) is 13.8. The Morgan fingerprint density at radius 1 is 1.09 bits per heavy atom. The lowest BCUT2D eigenvalue weighted by Crippen LogP contribution is -2.37. The number of fused-ring (bicyclic) bond motifs is 2. The van der Waals surface area contributed by atoms with Gasteiger partial charge >= 0.3 is 0 Å². The van der Waals surface area contributed by atoms with Gasteiger partial charge in [0.2, 0.25) is 0 Å². The molecule has 5 aromatic rings. The van der Waals surface area contributed by atoms with Gasteiger partial charge in [-0.05, 0) is 54.3 Å². The van der Waals surface area contributed by atoms with E-state index in [1.807, 2.05) is 18.5 Å². The summed E-state index contributed by atoms with van der Waals surface area (Å²) in [5.74, 6) is -0.435. The Balaban J connectivity index is 1.31. The summed E-state index contributed by atoms with van der Waals surface area (Å²) >= 11 is 0. The van der Waals surface area contributed by atoms with Crippen LogP contribution in [-0.4, -0.2) is 44.2 Å². The number of pyridine rings is 1. The normalized spacial score (nSPS) is 17.2. The van der Waals surface area contributed by atoms with Crippen LogP contribution in [0.5, 0.6) is 0 Å². The molecular formula is C26H23FN4O2. The van der Waals surface area contributed by atoms with Crippen molar-refractivity contribution in [2.75, 3.05) is 13.1 Å². The van der Waals surface area contributed by atoms with Crippen LogP contribution in [-0.2, 0) is 6.54 Å². The highest BCUT2D eigenvalue weighted by atomic mass is 19.1. The quantitative estimate of drug-likeness (QED) is 0.403. The number of H-pyrrole nitrogens is 1. The number of β-amino-alcohol motifs (C(OH)–C–C–N with tert-alkyl or cyclic N) is 1. The van der Waals surface area contributed by atoms with Crippen LogP contribution in [0.2, 0.25) is 0 Å². The van der Waals surface area contributed by atoms with Crippen molar-refractivity contribution in [2.24, 2.45) is 0 Å². The minimum Gasteiger partial charge on any atom is -0.440 e. The number of nitrogens with zero attached hydrogens (tertiary/aromatic N) is 3. The summed E-state index contributed by atoms with van der Waals surface area (Å²) < 4.78 is 19.6. The first-order valence-corrected chi connectivity index (χ1v) is 11.1. The number of benzene rings is 2. The molecule has 6 nitrogen and oxygen atoms in total. The standard InChI is InChI=1S/C26H23FN4O2/c27-23-9-18(10-24-25(23)33-15-30-24)22-12-29-26-21(22)8-19(11-28-26)17-5-3-16(4-6-17)13-31-7-1-2-20(32)14-31/h3-6,8-12,15,20,32H,1-2,7,13-14H2,(H,28,29). The molecule has 0 amide bonds. The van der Waals surface area contributed by atoms with Crippen LogP contribution in [0, 0.1) is 5.82 Å². The van der Waals surface area contributed by atoms with Crippen molar-refractivity contribution in [3.05, 3.63) is 72.6 Å². The van der Waals surface area contributed by atoms with E-state index in [0.717, 1.165) is 65.8 Å². The molecule has 3 aromatic heterocycles. The molecule has 1 aliphatic rings. The Morgan fingerprint density at radius 2 is 1.97 bits per heavy atom. The van der Waals surface area contributed by atoms with Crippen LogP contribution in [0.4, 0.5) is 4.39 Å². The van der Waals surface area contributed by atoms with Crippen molar-refractivity contribution in [3.63, 3.8) is 0 Å². The van der Waals surface area contributed by atoms with Gasteiger partial charge in [-0.1, -0.05) is 24.3 Å². The molecule has 1 atom stereocenters. The number of halogens is 1. The predicted molar refractivity (Wildman–Crippen MR) is 125 cm³/mol. The van der Waals surface area contributed by atoms with Gasteiger partial charge in [0.1, 0.15) is 11.2 Å². The van der Waals surface area contributed by atoms with E-state index in [-0.39, 0.29) is 11.7 Å². The SMILES string of the molecule is OC1CCCN(Cc2ccc(-c3cnc4[nH]cc(-c5cc(F)c6ocnc6c5)c4c3)cc2)C1. The second-order valence-corrected chi connectivity index (χ2v) is 8.71. The van der Waals surface area contributed by atoms with Crippen LogP contribution in [0.1, 0.15) is 18.4 Å². The molecule has 2 N–H and O–H groups in total. The van der Waals surface area contributed by atoms with Gasteiger partial charge in [-0.3, -0.25) is 4.90 Å². The van der Waals surface area contributed by atoms with E-state index in [4.69, 9.17) is 4.42 Å². The number of hydrogen-bond donors (Lipinski definition) is 2. The molecule has 0 radical (unpaired) electrons. The van der Waals surface area contributed by atoms with Crippen molar-refractivity contribution in [2.45, 2.75) is 25.5 Å². The minimum absolute atomic E-state index is 0.163. The fraction of sp³-hybridized carbons (Fsp3) is 0.231. The van der Waals surface area contributed by atoms with Gasteiger partial charge in [0, 0.05) is 42.0 Å². The number of likely N-dealkylation sites (tertiary alicyclic amines) is 1. The maximum Gasteiger partial charge on any atom is 0.190 e. The monoisotopic (exact) mass is 442 g/mol. The molecule has 1 aliphatic heterocycles. The third-order valence-electron chi connectivity index (χ3n) is 6.40. The van der Waals surface area contributed by atoms with Crippen LogP contribution >= 0.6 is 0 Å². The molecule has 6 rings (SSSR count). The number of nitrogens with one attached hydrogen (secondary N) is 1. The van der Waals surface area contributed by atoms with Gasteiger partial charge in [0.25, 0.3) is 0 Å². The van der Waals surface area contributed by atoms with Gasteiger partial charge in [-0.15, -0.1) is 0 Å². The average Bonchev–Trinajstić information content (AvgIpc) is 3.46. The molecule has 1 saturated heterocycles. The Bertz CT molecular complexity index is 1440. The fourth-order valence-corrected chi connectivity index (χ4v) is 4.72. The molecule has 7 heteroatoms. The number of aromatic nitrogens is 3. The lowest BCUT2D eigenvalue weighted by Gasteiger charge is -2.29. The van der Waals surface area contributed by atoms with E-state index in [9.17, 15) is 9.50 Å². The number of hydrogen-bond acceptors (Lipinski definition) is 5. The maximum absolute atomic E-state index is 14.5. The van der Waals surface area contributed by atoms with Crippen LogP contribution in [0.3, 0.4) is 0 Å². The molecule has 33 heavy (non-hydrogen) atoms. The molecule has 166 valence electrons. The highest BCUT2D eigenvalue weighted by molar-refractivity contribution is 5.97. The first-order chi connectivity index (χ1) is 16.1. The number of rotatable bonds is 4. The highest BCUT2D eigenvalue weighted by Crippen LogP contribution is 2.33. The molecule has 0 spiro atoms. The summed E-state index contributed by atoms with van der Waals surface area (Å²) in [5, 5.41) is 10.8. The second kappa shape index (κ2) is 8.10. The zero-order chi connectivity index (χ0) is 22.4. The third-order valence-corrected chi connectivity index (χ3v) is 6.40. The summed E-state index contributed by atoms with van der Waals surface area (Å²) in [6.45, 7) is 2.60. The molecule has 0 saturated carbocycles. The van der Waals surface area contributed by atoms with Crippen molar-refractivity contribution in [1.29, 1.82) is 0 Å². The number of aromatic amines is 1. The summed E-state index contributed by atoms with van der Waals surface area (Å²) in [7, 11) is 0. The van der Waals surface area contributed by atoms with E-state index in [2.05, 4.69) is 50.2 Å². The van der Waals surface area contributed by atoms with Crippen LogP contribution in [0.15, 0.2) is 65.7 Å². The van der Waals surface area contributed by atoms with Crippen molar-refractivity contribution in [1.82, 2.24) is 19.9 Å². The van der Waals surface area contributed by atoms with Gasteiger partial charge in [-0.2, -0.15) is 0 Å². The van der Waals surface area contributed by atoms with E-state index in [0.29, 0.717) is 5.52 Å². The Hall–Kier alpha value is -3.55. The summed E-state index contributed by atoms with van der Waals surface area (Å²) in [4.78, 5) is 14.2. The summed E-state index contributed by atoms with van der Waals surface area (Å²) in [6.07, 6.45) is 6.66. The number of aliphatic hydroxyl groups is 1. The zero-order valence-corrected chi connectivity index (χ0v) is 18.0. The molecule has 0 bridgehead atoms. The predicted octanol–water partition coefficient (Wildman–Crippen LogP) is 5.13. The number of oxazole rings is 1. The Kier molecular flexibility index (Phi) is 4.93. The first-order valence-electron chi connectivity index (χ1n) is 11.1. The van der Waals surface area contributed by atoms with Gasteiger partial charge < -0.3 is 14.5 Å². The van der Waals surface area contributed by atoms with E-state index in [1.165, 1.54) is 18.0 Å². The first kappa shape index (κ1) is 20.1. The number of piperidine rings is 1. The molecule has 1 fully saturated rings. The van der Waals surface area contributed by atoms with E-state index in [1.54, 1.807) is 0 Å². The van der Waals surface area contributed by atoms with E-state index >= 15 is 0 Å². The largest absolute Gasteiger partial charge is 0.440 e. The Labute approximate surface area is 189 Å². The topological polar surface area (TPSA) is 78.2 Å². The average molecular weight is 442 g/mol. The van der Waals surface area contributed by atoms with Crippen LogP contribution < -0.4 is 0 Å². The molecular weight excluding hydrogens is 419 g/mol. The zero-order valence-electron chi connectivity index (χ0n) is 18.0. The second-order valence-electron chi connectivity index (χ2n) is 8.71. The molecule has 4 heterocycles. The minimum atomic E-state index is -0.435. The lowest BCUT2D eigenvalue weighted by atomic mass is 10.0. The Morgan fingerprint density at radius 3 is 2.82 bits per heavy atom. The maximum atomic E-state index is 14.5. The summed E-state index contributed by atoms with van der Waals surface area (Å²) in [5.41, 5.74) is 6.26. The smallest absolute Gasteiger partial charge is 0.190 e. The number of aliphatic hydroxyl groups excluding tert-OH is 1. The van der Waals surface area contributed by atoms with Crippen molar-refractivity contribution < 1.29 is 13.9 Å². The molecule has 0 aliphatic carbocycles. The van der Waals surface area contributed by atoms with Gasteiger partial charge in [-0.25, -0.2) is 14.4 Å². The van der Waals surface area contributed by atoms with Crippen molar-refractivity contribution >= 4 is 22.1 Å².